The second-order valence-corrected chi connectivity index (χ2v) is 5.80. The smallest absolute Gasteiger partial charge is 0.260 e. The lowest BCUT2D eigenvalue weighted by Crippen LogP contribution is -2.36. The normalized spacial score (nSPS) is 13.4. The number of fused-ring (bicyclic) bond motifs is 1. The number of aryl methyl sites for hydroxylation is 1. The third kappa shape index (κ3) is 4.62. The molecule has 0 saturated carbocycles. The van der Waals surface area contributed by atoms with Gasteiger partial charge in [-0.05, 0) is 49.6 Å². The number of benzene rings is 2. The lowest BCUT2D eigenvalue weighted by molar-refractivity contribution is -0.127. The minimum absolute atomic E-state index is 0.195. The second-order valence-electron chi connectivity index (χ2n) is 5.80. The van der Waals surface area contributed by atoms with Crippen molar-refractivity contribution in [3.63, 3.8) is 0 Å². The van der Waals surface area contributed by atoms with E-state index < -0.39 is 6.10 Å². The van der Waals surface area contributed by atoms with Crippen LogP contribution >= 0.6 is 0 Å². The van der Waals surface area contributed by atoms with Gasteiger partial charge in [-0.1, -0.05) is 12.1 Å². The molecule has 1 amide bonds. The van der Waals surface area contributed by atoms with Crippen LogP contribution in [-0.4, -0.2) is 25.3 Å². The summed E-state index contributed by atoms with van der Waals surface area (Å²) < 4.78 is 29.2. The van der Waals surface area contributed by atoms with Crippen molar-refractivity contribution in [2.24, 2.45) is 0 Å². The fourth-order valence-electron chi connectivity index (χ4n) is 2.55. The highest BCUT2D eigenvalue weighted by Crippen LogP contribution is 2.35. The molecule has 2 aromatic rings. The average Bonchev–Trinajstić information content (AvgIpc) is 3.06. The van der Waals surface area contributed by atoms with Gasteiger partial charge in [-0.15, -0.1) is 0 Å². The molecule has 1 heterocycles. The molecule has 25 heavy (non-hydrogen) atoms. The van der Waals surface area contributed by atoms with Crippen LogP contribution < -0.4 is 19.5 Å². The molecule has 1 atom stereocenters. The fraction of sp³-hybridized carbons (Fsp3) is 0.316. The number of ether oxygens (including phenoxy) is 3. The van der Waals surface area contributed by atoms with Gasteiger partial charge >= 0.3 is 0 Å². The second kappa shape index (κ2) is 7.88. The largest absolute Gasteiger partial charge is 0.481 e. The zero-order chi connectivity index (χ0) is 17.6. The molecule has 0 bridgehead atoms. The summed E-state index contributed by atoms with van der Waals surface area (Å²) in [5.74, 6) is 1.39. The van der Waals surface area contributed by atoms with E-state index in [-0.39, 0.29) is 18.5 Å². The molecule has 0 spiro atoms. The van der Waals surface area contributed by atoms with Crippen molar-refractivity contribution in [1.29, 1.82) is 0 Å². The van der Waals surface area contributed by atoms with Gasteiger partial charge in [-0.3, -0.25) is 4.79 Å². The molecule has 5 nitrogen and oxygen atoms in total. The highest BCUT2D eigenvalue weighted by molar-refractivity contribution is 5.80. The molecule has 1 unspecified atom stereocenters. The van der Waals surface area contributed by atoms with Gasteiger partial charge in [0, 0.05) is 12.6 Å². The molecule has 6 heteroatoms. The Bertz CT molecular complexity index is 750. The van der Waals surface area contributed by atoms with Crippen molar-refractivity contribution in [2.75, 3.05) is 13.3 Å². The van der Waals surface area contributed by atoms with E-state index in [0.717, 1.165) is 12.0 Å². The lowest BCUT2D eigenvalue weighted by atomic mass is 10.1. The average molecular weight is 345 g/mol. The Morgan fingerprint density at radius 2 is 2.08 bits per heavy atom. The maximum Gasteiger partial charge on any atom is 0.260 e. The molecule has 3 rings (SSSR count). The molecule has 132 valence electrons. The van der Waals surface area contributed by atoms with Crippen LogP contribution in [0.5, 0.6) is 17.2 Å². The maximum atomic E-state index is 13.1. The van der Waals surface area contributed by atoms with E-state index in [2.05, 4.69) is 5.32 Å². The van der Waals surface area contributed by atoms with Gasteiger partial charge in [-0.2, -0.15) is 0 Å². The predicted octanol–water partition coefficient (Wildman–Crippen LogP) is 3.07. The summed E-state index contributed by atoms with van der Waals surface area (Å²) in [4.78, 5) is 12.1. The van der Waals surface area contributed by atoms with Crippen LogP contribution in [0.1, 0.15) is 18.9 Å². The Hall–Kier alpha value is -2.76. The third-order valence-electron chi connectivity index (χ3n) is 3.86. The Morgan fingerprint density at radius 1 is 1.24 bits per heavy atom. The fourth-order valence-corrected chi connectivity index (χ4v) is 2.55. The maximum absolute atomic E-state index is 13.1. The van der Waals surface area contributed by atoms with Crippen molar-refractivity contribution in [2.45, 2.75) is 25.9 Å². The first-order valence-electron chi connectivity index (χ1n) is 8.20. The molecule has 1 N–H and O–H groups in total. The minimum Gasteiger partial charge on any atom is -0.481 e. The van der Waals surface area contributed by atoms with Gasteiger partial charge in [0.1, 0.15) is 11.6 Å². The molecule has 0 aromatic heterocycles. The van der Waals surface area contributed by atoms with Crippen LogP contribution in [0.15, 0.2) is 42.5 Å². The van der Waals surface area contributed by atoms with Crippen LogP contribution in [0.3, 0.4) is 0 Å². The molecule has 2 aromatic carbocycles. The van der Waals surface area contributed by atoms with E-state index in [9.17, 15) is 9.18 Å². The number of hydrogen-bond donors (Lipinski definition) is 1. The molecular weight excluding hydrogens is 325 g/mol. The van der Waals surface area contributed by atoms with Gasteiger partial charge in [0.2, 0.25) is 6.79 Å². The number of nitrogens with one attached hydrogen (secondary N) is 1. The number of carbonyl (C=O) groups excluding carboxylic acids is 1. The summed E-state index contributed by atoms with van der Waals surface area (Å²) in [5, 5.41) is 2.83. The Kier molecular flexibility index (Phi) is 5.38. The van der Waals surface area contributed by atoms with E-state index in [1.807, 2.05) is 6.07 Å². The molecule has 0 fully saturated rings. The molecule has 0 radical (unpaired) electrons. The SMILES string of the molecule is CC(Oc1ccc2c(c1)OCO2)C(=O)NCCCc1cccc(F)c1. The highest BCUT2D eigenvalue weighted by atomic mass is 19.1. The van der Waals surface area contributed by atoms with Crippen LogP contribution in [0, 0.1) is 5.82 Å². The number of rotatable bonds is 7. The van der Waals surface area contributed by atoms with Gasteiger partial charge in [-0.25, -0.2) is 4.39 Å². The standard InChI is InChI=1S/C19H20FNO4/c1-13(25-16-7-8-17-18(11-16)24-12-23-17)19(22)21-9-3-5-14-4-2-6-15(20)10-14/h2,4,6-8,10-11,13H,3,5,9,12H2,1H3,(H,21,22). The van der Waals surface area contributed by atoms with Crippen molar-refractivity contribution >= 4 is 5.91 Å². The van der Waals surface area contributed by atoms with Crippen LogP contribution in [0.2, 0.25) is 0 Å². The Morgan fingerprint density at radius 3 is 2.92 bits per heavy atom. The monoisotopic (exact) mass is 345 g/mol. The first-order chi connectivity index (χ1) is 12.1. The molecule has 0 aliphatic carbocycles. The zero-order valence-electron chi connectivity index (χ0n) is 14.0. The highest BCUT2D eigenvalue weighted by Gasteiger charge is 2.17. The summed E-state index contributed by atoms with van der Waals surface area (Å²) in [7, 11) is 0. The molecule has 0 saturated heterocycles. The van der Waals surface area contributed by atoms with Gasteiger partial charge < -0.3 is 19.5 Å². The van der Waals surface area contributed by atoms with Crippen molar-refractivity contribution in [1.82, 2.24) is 5.32 Å². The summed E-state index contributed by atoms with van der Waals surface area (Å²) in [6, 6.07) is 11.7. The quantitative estimate of drug-likeness (QED) is 0.784. The molecule has 1 aliphatic heterocycles. The van der Waals surface area contributed by atoms with Gasteiger partial charge in [0.25, 0.3) is 5.91 Å². The van der Waals surface area contributed by atoms with Crippen LogP contribution in [0.25, 0.3) is 0 Å². The van der Waals surface area contributed by atoms with E-state index >= 15 is 0 Å². The Balaban J connectivity index is 1.42. The summed E-state index contributed by atoms with van der Waals surface area (Å²) in [6.45, 7) is 2.39. The Labute approximate surface area is 145 Å². The van der Waals surface area contributed by atoms with E-state index in [0.29, 0.717) is 30.2 Å². The molecular formula is C19H20FNO4. The summed E-state index contributed by atoms with van der Waals surface area (Å²) >= 11 is 0. The van der Waals surface area contributed by atoms with Crippen LogP contribution in [-0.2, 0) is 11.2 Å². The van der Waals surface area contributed by atoms with Gasteiger partial charge in [0.05, 0.1) is 0 Å². The topological polar surface area (TPSA) is 56.8 Å². The number of amides is 1. The first kappa shape index (κ1) is 17.1. The predicted molar refractivity (Wildman–Crippen MR) is 90.4 cm³/mol. The zero-order valence-corrected chi connectivity index (χ0v) is 14.0. The lowest BCUT2D eigenvalue weighted by Gasteiger charge is -2.15. The number of halogens is 1. The minimum atomic E-state index is -0.630. The summed E-state index contributed by atoms with van der Waals surface area (Å²) in [6.07, 6.45) is 0.802. The van der Waals surface area contributed by atoms with Crippen molar-refractivity contribution in [3.05, 3.63) is 53.8 Å². The van der Waals surface area contributed by atoms with Crippen molar-refractivity contribution in [3.8, 4) is 17.2 Å². The number of hydrogen-bond acceptors (Lipinski definition) is 4. The molecule has 1 aliphatic rings. The number of carbonyl (C=O) groups is 1. The first-order valence-corrected chi connectivity index (χ1v) is 8.20. The van der Waals surface area contributed by atoms with Crippen molar-refractivity contribution < 1.29 is 23.4 Å². The van der Waals surface area contributed by atoms with E-state index in [1.165, 1.54) is 12.1 Å². The van der Waals surface area contributed by atoms with E-state index in [4.69, 9.17) is 14.2 Å². The van der Waals surface area contributed by atoms with Crippen LogP contribution in [0.4, 0.5) is 4.39 Å². The third-order valence-corrected chi connectivity index (χ3v) is 3.86. The van der Waals surface area contributed by atoms with Gasteiger partial charge in [0.15, 0.2) is 17.6 Å². The van der Waals surface area contributed by atoms with E-state index in [1.54, 1.807) is 31.2 Å². The summed E-state index contributed by atoms with van der Waals surface area (Å²) in [5.41, 5.74) is 0.916.